The van der Waals surface area contributed by atoms with Gasteiger partial charge in [0.2, 0.25) is 6.79 Å². The number of aliphatic hydroxyl groups is 1. The van der Waals surface area contributed by atoms with Crippen LogP contribution in [0.25, 0.3) is 0 Å². The zero-order valence-corrected chi connectivity index (χ0v) is 29.0. The van der Waals surface area contributed by atoms with Crippen molar-refractivity contribution in [1.29, 1.82) is 0 Å². The van der Waals surface area contributed by atoms with E-state index in [1.807, 2.05) is 42.5 Å². The fraction of sp³-hybridized carbons (Fsp3) is 0.278. The molecule has 0 spiro atoms. The Kier molecular flexibility index (Phi) is 12.0. The van der Waals surface area contributed by atoms with Crippen molar-refractivity contribution < 1.29 is 38.4 Å². The van der Waals surface area contributed by atoms with Gasteiger partial charge >= 0.3 is 0 Å². The number of ether oxygens (including phenoxy) is 5. The van der Waals surface area contributed by atoms with Gasteiger partial charge in [0, 0.05) is 18.8 Å². The fourth-order valence-electron chi connectivity index (χ4n) is 5.51. The van der Waals surface area contributed by atoms with Gasteiger partial charge in [0.25, 0.3) is 11.8 Å². The third kappa shape index (κ3) is 8.75. The van der Waals surface area contributed by atoms with Gasteiger partial charge in [-0.15, -0.1) is 0 Å². The minimum Gasteiger partial charge on any atom is -0.493 e. The summed E-state index contributed by atoms with van der Waals surface area (Å²) in [6, 6.07) is 20.1. The number of rotatable bonds is 15. The van der Waals surface area contributed by atoms with Crippen LogP contribution in [0.5, 0.6) is 28.7 Å². The number of methoxy groups -OCH3 is 2. The number of benzene rings is 4. The summed E-state index contributed by atoms with van der Waals surface area (Å²) < 4.78 is 27.4. The average Bonchev–Trinajstić information content (AvgIpc) is 3.57. The van der Waals surface area contributed by atoms with Crippen molar-refractivity contribution in [3.05, 3.63) is 99.5 Å². The fourth-order valence-corrected chi connectivity index (χ4v) is 6.12. The second-order valence-electron chi connectivity index (χ2n) is 11.5. The molecular formula is C36H38Cl2N4O8. The number of nitrogens with two attached hydrogens (primary N) is 2. The van der Waals surface area contributed by atoms with Gasteiger partial charge in [-0.1, -0.05) is 59.6 Å². The molecule has 0 bridgehead atoms. The Morgan fingerprint density at radius 1 is 0.940 bits per heavy atom. The first kappa shape index (κ1) is 36.2. The number of amides is 2. The topological polar surface area (TPSA) is 168 Å². The minimum atomic E-state index is -1.23. The smallest absolute Gasteiger partial charge is 0.260 e. The molecule has 1 heterocycles. The Morgan fingerprint density at radius 3 is 2.42 bits per heavy atom. The number of carbonyl (C=O) groups is 2. The third-order valence-electron chi connectivity index (χ3n) is 8.11. The van der Waals surface area contributed by atoms with Crippen LogP contribution in [-0.2, 0) is 17.6 Å². The van der Waals surface area contributed by atoms with E-state index in [9.17, 15) is 14.7 Å². The van der Waals surface area contributed by atoms with E-state index < -0.39 is 30.6 Å². The molecule has 4 aromatic rings. The summed E-state index contributed by atoms with van der Waals surface area (Å²) in [6.07, 6.45) is -0.572. The van der Waals surface area contributed by atoms with E-state index in [1.54, 1.807) is 12.1 Å². The first-order chi connectivity index (χ1) is 24.1. The lowest BCUT2D eigenvalue weighted by atomic mass is 9.99. The zero-order valence-electron chi connectivity index (χ0n) is 27.5. The average molecular weight is 726 g/mol. The van der Waals surface area contributed by atoms with Crippen LogP contribution in [0.1, 0.15) is 21.5 Å². The number of fused-ring (bicyclic) bond motifs is 1. The summed E-state index contributed by atoms with van der Waals surface area (Å²) in [7, 11) is 2.88. The Labute approximate surface area is 299 Å². The summed E-state index contributed by atoms with van der Waals surface area (Å²) in [5.41, 5.74) is 14.3. The number of hydrogen-bond acceptors (Lipinski definition) is 10. The molecular weight excluding hydrogens is 687 g/mol. The van der Waals surface area contributed by atoms with Gasteiger partial charge in [-0.3, -0.25) is 9.59 Å². The van der Waals surface area contributed by atoms with E-state index in [0.717, 1.165) is 11.1 Å². The van der Waals surface area contributed by atoms with E-state index in [2.05, 4.69) is 5.32 Å². The van der Waals surface area contributed by atoms with Gasteiger partial charge in [-0.05, 0) is 60.4 Å². The molecule has 5 rings (SSSR count). The Bertz CT molecular complexity index is 1800. The standard InChI is InChI=1S/C36H38Cl2N4O8/c1-46-30-11-9-24(33(38)35(30)47-2)36(45)41-27(14-21-6-4-3-5-7-21)28(43)18-42(13-12-22-8-10-29-31(15-22)50-20-49-29)32(44)19-48-34-25(37)16-23(39)17-26(34)40/h3-11,15-17,27-28,43H,12-14,18-20,39-40H2,1-2H3,(H,41,45)/t27-,28-/m0/s1. The molecule has 0 aliphatic carbocycles. The van der Waals surface area contributed by atoms with Gasteiger partial charge in [0.1, 0.15) is 0 Å². The maximum absolute atomic E-state index is 13.8. The highest BCUT2D eigenvalue weighted by Crippen LogP contribution is 2.38. The molecule has 14 heteroatoms. The second kappa shape index (κ2) is 16.6. The predicted molar refractivity (Wildman–Crippen MR) is 191 cm³/mol. The van der Waals surface area contributed by atoms with Gasteiger partial charge in [0.15, 0.2) is 35.4 Å². The van der Waals surface area contributed by atoms with Crippen LogP contribution in [0.2, 0.25) is 10.0 Å². The number of carbonyl (C=O) groups excluding carboxylic acids is 2. The zero-order chi connectivity index (χ0) is 35.8. The molecule has 0 unspecified atom stereocenters. The molecule has 2 amide bonds. The summed E-state index contributed by atoms with van der Waals surface area (Å²) in [5.74, 6) is 0.913. The van der Waals surface area contributed by atoms with Gasteiger partial charge < -0.3 is 50.5 Å². The quantitative estimate of drug-likeness (QED) is 0.126. The van der Waals surface area contributed by atoms with Crippen LogP contribution in [0.15, 0.2) is 72.8 Å². The Morgan fingerprint density at radius 2 is 1.70 bits per heavy atom. The van der Waals surface area contributed by atoms with E-state index >= 15 is 0 Å². The van der Waals surface area contributed by atoms with Crippen molar-refractivity contribution in [1.82, 2.24) is 10.2 Å². The van der Waals surface area contributed by atoms with Crippen LogP contribution in [0.3, 0.4) is 0 Å². The van der Waals surface area contributed by atoms with Crippen molar-refractivity contribution in [3.8, 4) is 28.7 Å². The van der Waals surface area contributed by atoms with Crippen molar-refractivity contribution in [3.63, 3.8) is 0 Å². The van der Waals surface area contributed by atoms with Gasteiger partial charge in [-0.25, -0.2) is 0 Å². The van der Waals surface area contributed by atoms with E-state index in [-0.39, 0.29) is 59.1 Å². The monoisotopic (exact) mass is 724 g/mol. The first-order valence-corrected chi connectivity index (χ1v) is 16.4. The first-order valence-electron chi connectivity index (χ1n) is 15.6. The van der Waals surface area contributed by atoms with Crippen LogP contribution in [-0.4, -0.2) is 74.7 Å². The lowest BCUT2D eigenvalue weighted by Gasteiger charge is -2.31. The number of nitrogens with zero attached hydrogens (tertiary/aromatic N) is 1. The lowest BCUT2D eigenvalue weighted by Crippen LogP contribution is -2.51. The number of nitrogens with one attached hydrogen (secondary N) is 1. The van der Waals surface area contributed by atoms with E-state index in [4.69, 9.17) is 58.4 Å². The van der Waals surface area contributed by atoms with Crippen molar-refractivity contribution in [2.75, 3.05) is 52.2 Å². The normalized spacial score (nSPS) is 12.9. The van der Waals surface area contributed by atoms with Crippen LogP contribution in [0.4, 0.5) is 11.4 Å². The Balaban J connectivity index is 1.38. The number of anilines is 2. The molecule has 0 saturated heterocycles. The van der Waals surface area contributed by atoms with Crippen LogP contribution < -0.4 is 40.5 Å². The molecule has 1 aliphatic rings. The largest absolute Gasteiger partial charge is 0.493 e. The maximum atomic E-state index is 13.8. The van der Waals surface area contributed by atoms with Crippen molar-refractivity contribution in [2.24, 2.45) is 0 Å². The highest BCUT2D eigenvalue weighted by molar-refractivity contribution is 6.35. The number of halogens is 2. The number of hydrogen-bond donors (Lipinski definition) is 4. The summed E-state index contributed by atoms with van der Waals surface area (Å²) >= 11 is 12.8. The molecule has 0 fully saturated rings. The predicted octanol–water partition coefficient (Wildman–Crippen LogP) is 4.76. The lowest BCUT2D eigenvalue weighted by molar-refractivity contribution is -0.135. The van der Waals surface area contributed by atoms with Gasteiger partial charge in [0.05, 0.1) is 47.7 Å². The number of aliphatic hydroxyl groups excluding tert-OH is 1. The molecule has 4 aromatic carbocycles. The molecule has 50 heavy (non-hydrogen) atoms. The third-order valence-corrected chi connectivity index (χ3v) is 8.77. The molecule has 264 valence electrons. The maximum Gasteiger partial charge on any atom is 0.260 e. The van der Waals surface area contributed by atoms with E-state index in [0.29, 0.717) is 29.4 Å². The highest BCUT2D eigenvalue weighted by Gasteiger charge is 2.29. The molecule has 0 aromatic heterocycles. The summed E-state index contributed by atoms with van der Waals surface area (Å²) in [6.45, 7) is -0.266. The SMILES string of the molecule is COc1ccc(C(=O)N[C@@H](Cc2ccccc2)[C@@H](O)CN(CCc2ccc3c(c2)OCO3)C(=O)COc2c(N)cc(N)cc2Cl)c(Cl)c1OC. The summed E-state index contributed by atoms with van der Waals surface area (Å²) in [5, 5.41) is 14.9. The number of nitrogen functional groups attached to an aromatic ring is 2. The van der Waals surface area contributed by atoms with Crippen LogP contribution in [0, 0.1) is 0 Å². The van der Waals surface area contributed by atoms with Gasteiger partial charge in [-0.2, -0.15) is 0 Å². The van der Waals surface area contributed by atoms with Crippen LogP contribution >= 0.6 is 23.2 Å². The molecule has 2 atom stereocenters. The molecule has 0 saturated carbocycles. The molecule has 12 nitrogen and oxygen atoms in total. The minimum absolute atomic E-state index is 0.0515. The molecule has 1 aliphatic heterocycles. The Hall–Kier alpha value is -5.04. The second-order valence-corrected chi connectivity index (χ2v) is 12.3. The van der Waals surface area contributed by atoms with Crippen molar-refractivity contribution >= 4 is 46.4 Å². The summed E-state index contributed by atoms with van der Waals surface area (Å²) in [4.78, 5) is 28.9. The molecule has 6 N–H and O–H groups in total. The molecule has 0 radical (unpaired) electrons. The van der Waals surface area contributed by atoms with Crippen molar-refractivity contribution in [2.45, 2.75) is 25.0 Å². The van der Waals surface area contributed by atoms with E-state index in [1.165, 1.54) is 37.3 Å². The highest BCUT2D eigenvalue weighted by atomic mass is 35.5.